The van der Waals surface area contributed by atoms with Gasteiger partial charge in [0.15, 0.2) is 0 Å². The Kier molecular flexibility index (Phi) is 5.09. The molecule has 7 heteroatoms. The molecule has 0 spiro atoms. The van der Waals surface area contributed by atoms with Gasteiger partial charge in [0.05, 0.1) is 18.4 Å². The second-order valence-electron chi connectivity index (χ2n) is 6.70. The zero-order chi connectivity index (χ0) is 19.7. The van der Waals surface area contributed by atoms with Gasteiger partial charge in [-0.1, -0.05) is 18.2 Å². The normalized spacial score (nSPS) is 17.7. The summed E-state index contributed by atoms with van der Waals surface area (Å²) >= 11 is 1.50. The van der Waals surface area contributed by atoms with Crippen molar-refractivity contribution >= 4 is 34.4 Å². The van der Waals surface area contributed by atoms with Crippen molar-refractivity contribution in [1.29, 1.82) is 0 Å². The van der Waals surface area contributed by atoms with Crippen LogP contribution in [0.2, 0.25) is 0 Å². The van der Waals surface area contributed by atoms with Gasteiger partial charge in [-0.3, -0.25) is 14.5 Å². The van der Waals surface area contributed by atoms with Gasteiger partial charge in [0.25, 0.3) is 11.8 Å². The second-order valence-corrected chi connectivity index (χ2v) is 7.65. The van der Waals surface area contributed by atoms with E-state index in [2.05, 4.69) is 9.80 Å². The first-order valence-electron chi connectivity index (χ1n) is 9.43. The molecule has 2 amide bonds. The monoisotopic (exact) mass is 397 g/mol. The summed E-state index contributed by atoms with van der Waals surface area (Å²) in [5, 5.41) is 1.94. The molecule has 1 saturated heterocycles. The fourth-order valence-corrected chi connectivity index (χ4v) is 4.61. The number of carbonyl (C=O) groups excluding carboxylic acids is 2. The van der Waals surface area contributed by atoms with Crippen LogP contribution in [0.1, 0.15) is 11.8 Å². The van der Waals surface area contributed by atoms with E-state index in [1.807, 2.05) is 48.7 Å². The quantitative estimate of drug-likeness (QED) is 0.726. The molecule has 4 rings (SSSR count). The van der Waals surface area contributed by atoms with Crippen molar-refractivity contribution in [3.8, 4) is 5.75 Å². The Hall–Kier alpha value is -2.80. The molecular formula is C21H23N3O3S. The first kappa shape index (κ1) is 18.6. The van der Waals surface area contributed by atoms with Crippen molar-refractivity contribution in [1.82, 2.24) is 9.80 Å². The lowest BCUT2D eigenvalue weighted by atomic mass is 10.1. The number of likely N-dealkylation sites (N-methyl/N-ethyl adjacent to an activating group) is 1. The maximum atomic E-state index is 13.0. The van der Waals surface area contributed by atoms with Crippen molar-refractivity contribution in [2.75, 3.05) is 44.7 Å². The fraction of sp³-hybridized carbons (Fsp3) is 0.333. The van der Waals surface area contributed by atoms with Crippen LogP contribution in [0.3, 0.4) is 0 Å². The minimum atomic E-state index is -0.183. The summed E-state index contributed by atoms with van der Waals surface area (Å²) in [5.74, 6) is 0.484. The average molecular weight is 398 g/mol. The minimum Gasteiger partial charge on any atom is -0.495 e. The number of hydrogen-bond acceptors (Lipinski definition) is 6. The van der Waals surface area contributed by atoms with E-state index in [9.17, 15) is 9.59 Å². The summed E-state index contributed by atoms with van der Waals surface area (Å²) in [6, 6.07) is 11.8. The molecule has 1 fully saturated rings. The van der Waals surface area contributed by atoms with E-state index in [4.69, 9.17) is 4.74 Å². The Morgan fingerprint density at radius 1 is 0.964 bits per heavy atom. The van der Waals surface area contributed by atoms with Crippen LogP contribution in [0.5, 0.6) is 5.75 Å². The van der Waals surface area contributed by atoms with E-state index in [0.29, 0.717) is 30.9 Å². The van der Waals surface area contributed by atoms with Crippen molar-refractivity contribution in [2.24, 2.45) is 0 Å². The summed E-state index contributed by atoms with van der Waals surface area (Å²) in [6.45, 7) is 5.10. The van der Waals surface area contributed by atoms with Crippen molar-refractivity contribution in [2.45, 2.75) is 6.92 Å². The molecule has 2 aromatic rings. The highest BCUT2D eigenvalue weighted by atomic mass is 32.1. The summed E-state index contributed by atoms with van der Waals surface area (Å²) in [7, 11) is 1.68. The molecule has 0 N–H and O–H groups in total. The molecule has 0 bridgehead atoms. The molecule has 0 atom stereocenters. The van der Waals surface area contributed by atoms with E-state index in [0.717, 1.165) is 29.4 Å². The van der Waals surface area contributed by atoms with Gasteiger partial charge in [0.1, 0.15) is 11.4 Å². The molecule has 2 aliphatic heterocycles. The minimum absolute atomic E-state index is 0.179. The molecule has 28 heavy (non-hydrogen) atoms. The first-order valence-corrected chi connectivity index (χ1v) is 10.3. The summed E-state index contributed by atoms with van der Waals surface area (Å²) in [6.07, 6.45) is 0. The lowest BCUT2D eigenvalue weighted by Crippen LogP contribution is -2.47. The van der Waals surface area contributed by atoms with Gasteiger partial charge in [0, 0.05) is 37.6 Å². The zero-order valence-corrected chi connectivity index (χ0v) is 16.9. The third-order valence-corrected chi connectivity index (χ3v) is 6.14. The predicted octanol–water partition coefficient (Wildman–Crippen LogP) is 2.68. The van der Waals surface area contributed by atoms with Gasteiger partial charge in [-0.05, 0) is 30.5 Å². The lowest BCUT2D eigenvalue weighted by Gasteiger charge is -2.38. The molecule has 0 saturated carbocycles. The summed E-state index contributed by atoms with van der Waals surface area (Å²) in [5.41, 5.74) is 2.16. The molecule has 146 valence electrons. The van der Waals surface area contributed by atoms with Crippen LogP contribution in [-0.2, 0) is 9.59 Å². The number of anilines is 1. The molecule has 2 aliphatic rings. The van der Waals surface area contributed by atoms with Gasteiger partial charge < -0.3 is 14.5 Å². The number of hydrogen-bond donors (Lipinski definition) is 0. The third-order valence-electron chi connectivity index (χ3n) is 5.25. The maximum Gasteiger partial charge on any atom is 0.277 e. The highest BCUT2D eigenvalue weighted by molar-refractivity contribution is 7.11. The predicted molar refractivity (Wildman–Crippen MR) is 110 cm³/mol. The van der Waals surface area contributed by atoms with E-state index in [-0.39, 0.29) is 11.8 Å². The van der Waals surface area contributed by atoms with Crippen LogP contribution < -0.4 is 9.64 Å². The highest BCUT2D eigenvalue weighted by Gasteiger charge is 2.41. The highest BCUT2D eigenvalue weighted by Crippen LogP contribution is 2.35. The average Bonchev–Trinajstić information content (AvgIpc) is 3.34. The Bertz CT molecular complexity index is 915. The number of methoxy groups -OCH3 is 1. The molecular weight excluding hydrogens is 374 g/mol. The smallest absolute Gasteiger partial charge is 0.277 e. The van der Waals surface area contributed by atoms with E-state index < -0.39 is 0 Å². The molecule has 1 aromatic carbocycles. The van der Waals surface area contributed by atoms with Crippen LogP contribution in [0.15, 0.2) is 47.5 Å². The van der Waals surface area contributed by atoms with Gasteiger partial charge in [-0.2, -0.15) is 0 Å². The second kappa shape index (κ2) is 7.67. The zero-order valence-electron chi connectivity index (χ0n) is 16.1. The van der Waals surface area contributed by atoms with Crippen LogP contribution in [0, 0.1) is 0 Å². The number of amides is 2. The number of rotatable bonds is 5. The van der Waals surface area contributed by atoms with Gasteiger partial charge in [-0.15, -0.1) is 11.3 Å². The number of benzene rings is 1. The fourth-order valence-electron chi connectivity index (χ4n) is 3.85. The standard InChI is InChI=1S/C21H23N3O3S/c1-3-24-20(25)18(17-9-6-14-28-17)19(21(24)26)23-12-10-22(11-13-23)15-7-4-5-8-16(15)27-2/h4-9,14H,3,10-13H2,1-2H3. The van der Waals surface area contributed by atoms with Gasteiger partial charge in [-0.25, -0.2) is 0 Å². The van der Waals surface area contributed by atoms with Crippen molar-refractivity contribution < 1.29 is 14.3 Å². The van der Waals surface area contributed by atoms with Crippen molar-refractivity contribution in [3.63, 3.8) is 0 Å². The molecule has 0 aliphatic carbocycles. The topological polar surface area (TPSA) is 53.1 Å². The van der Waals surface area contributed by atoms with E-state index in [1.165, 1.54) is 16.2 Å². The van der Waals surface area contributed by atoms with Gasteiger partial charge in [0.2, 0.25) is 0 Å². The molecule has 0 radical (unpaired) electrons. The van der Waals surface area contributed by atoms with Crippen LogP contribution in [0.25, 0.3) is 5.57 Å². The molecule has 3 heterocycles. The molecule has 1 aromatic heterocycles. The van der Waals surface area contributed by atoms with Gasteiger partial charge >= 0.3 is 0 Å². The van der Waals surface area contributed by atoms with E-state index >= 15 is 0 Å². The lowest BCUT2D eigenvalue weighted by molar-refractivity contribution is -0.137. The number of piperazine rings is 1. The number of ether oxygens (including phenoxy) is 1. The number of para-hydroxylation sites is 2. The Labute approximate surface area is 168 Å². The molecule has 6 nitrogen and oxygen atoms in total. The summed E-state index contributed by atoms with van der Waals surface area (Å²) < 4.78 is 5.48. The first-order chi connectivity index (χ1) is 13.7. The Morgan fingerprint density at radius 3 is 2.32 bits per heavy atom. The maximum absolute atomic E-state index is 13.0. The SMILES string of the molecule is CCN1C(=O)C(c2cccs2)=C(N2CCN(c3ccccc3OC)CC2)C1=O. The van der Waals surface area contributed by atoms with Crippen molar-refractivity contribution in [3.05, 3.63) is 52.4 Å². The Morgan fingerprint density at radius 2 is 1.68 bits per heavy atom. The van der Waals surface area contributed by atoms with E-state index in [1.54, 1.807) is 7.11 Å². The summed E-state index contributed by atoms with van der Waals surface area (Å²) in [4.78, 5) is 32.4. The third kappa shape index (κ3) is 3.05. The Balaban J connectivity index is 1.60. The number of imide groups is 1. The number of carbonyl (C=O) groups is 2. The van der Waals surface area contributed by atoms with Crippen LogP contribution >= 0.6 is 11.3 Å². The largest absolute Gasteiger partial charge is 0.495 e. The van der Waals surface area contributed by atoms with Crippen LogP contribution in [-0.4, -0.2) is 61.4 Å². The molecule has 0 unspecified atom stereocenters. The number of nitrogens with zero attached hydrogens (tertiary/aromatic N) is 3. The van der Waals surface area contributed by atoms with Crippen LogP contribution in [0.4, 0.5) is 5.69 Å². The number of thiophene rings is 1.